The highest BCUT2D eigenvalue weighted by Crippen LogP contribution is 2.44. The first kappa shape index (κ1) is 14.8. The van der Waals surface area contributed by atoms with Crippen LogP contribution in [0.2, 0.25) is 0 Å². The molecule has 1 saturated heterocycles. The topological polar surface area (TPSA) is 29.5 Å². The Morgan fingerprint density at radius 3 is 2.65 bits per heavy atom. The monoisotopic (exact) mass is 331 g/mol. The Bertz CT molecular complexity index is 717. The number of fused-ring (bicyclic) bond motifs is 2. The van der Waals surface area contributed by atoms with Gasteiger partial charge < -0.3 is 9.64 Å². The van der Waals surface area contributed by atoms with Crippen molar-refractivity contribution < 1.29 is 13.9 Å². The highest BCUT2D eigenvalue weighted by Gasteiger charge is 2.42. The molecule has 0 atom stereocenters. The second kappa shape index (κ2) is 5.73. The summed E-state index contributed by atoms with van der Waals surface area (Å²) >= 11 is 1.77. The van der Waals surface area contributed by atoms with Crippen LogP contribution in [0.1, 0.15) is 33.6 Å². The summed E-state index contributed by atoms with van der Waals surface area (Å²) in [4.78, 5) is 15.7. The lowest BCUT2D eigenvalue weighted by Gasteiger charge is -2.43. The van der Waals surface area contributed by atoms with Crippen LogP contribution in [0.15, 0.2) is 35.7 Å². The molecule has 2 aliphatic heterocycles. The van der Waals surface area contributed by atoms with E-state index in [-0.39, 0.29) is 17.3 Å². The van der Waals surface area contributed by atoms with E-state index in [2.05, 4.69) is 11.4 Å². The number of nitrogens with zero attached hydrogens (tertiary/aromatic N) is 1. The third kappa shape index (κ3) is 2.58. The van der Waals surface area contributed by atoms with E-state index in [0.29, 0.717) is 18.7 Å². The molecule has 1 aromatic carbocycles. The summed E-state index contributed by atoms with van der Waals surface area (Å²) in [6.45, 7) is 2.11. The maximum atomic E-state index is 13.0. The number of benzene rings is 1. The molecular weight excluding hydrogens is 313 g/mol. The summed E-state index contributed by atoms with van der Waals surface area (Å²) in [6, 6.07) is 7.97. The lowest BCUT2D eigenvalue weighted by atomic mass is 9.85. The number of likely N-dealkylation sites (tertiary alicyclic amines) is 1. The van der Waals surface area contributed by atoms with Crippen LogP contribution >= 0.6 is 11.3 Å². The molecule has 0 unspecified atom stereocenters. The summed E-state index contributed by atoms with van der Waals surface area (Å²) in [5, 5.41) is 2.14. The molecule has 0 aliphatic carbocycles. The fourth-order valence-electron chi connectivity index (χ4n) is 3.57. The number of thiophene rings is 1. The minimum Gasteiger partial charge on any atom is -0.369 e. The van der Waals surface area contributed by atoms with Crippen molar-refractivity contribution >= 4 is 17.2 Å². The van der Waals surface area contributed by atoms with Gasteiger partial charge in [-0.05, 0) is 60.5 Å². The van der Waals surface area contributed by atoms with Gasteiger partial charge in [0.1, 0.15) is 11.4 Å². The summed E-state index contributed by atoms with van der Waals surface area (Å²) in [5.41, 5.74) is 1.74. The number of halogens is 1. The van der Waals surface area contributed by atoms with Crippen molar-refractivity contribution in [1.82, 2.24) is 4.90 Å². The Hall–Kier alpha value is -1.72. The predicted octanol–water partition coefficient (Wildman–Crippen LogP) is 3.59. The van der Waals surface area contributed by atoms with Gasteiger partial charge in [-0.25, -0.2) is 4.39 Å². The number of ether oxygens (including phenoxy) is 1. The standard InChI is InChI=1S/C18H18FNO2S/c19-15-3-1-14(2-4-15)17(21)20-9-7-18(8-10-20)16-13(5-11-22-18)6-12-23-16/h1-4,6,12H,5,7-11H2. The molecule has 1 fully saturated rings. The number of carbonyl (C=O) groups is 1. The molecule has 2 aromatic rings. The van der Waals surface area contributed by atoms with Gasteiger partial charge in [-0.15, -0.1) is 11.3 Å². The van der Waals surface area contributed by atoms with Crippen molar-refractivity contribution in [3.8, 4) is 0 Å². The molecule has 3 nitrogen and oxygen atoms in total. The molecule has 0 bridgehead atoms. The molecule has 0 radical (unpaired) electrons. The van der Waals surface area contributed by atoms with E-state index in [9.17, 15) is 9.18 Å². The fraction of sp³-hybridized carbons (Fsp3) is 0.389. The minimum absolute atomic E-state index is 0.0259. The molecule has 1 amide bonds. The van der Waals surface area contributed by atoms with Crippen molar-refractivity contribution in [1.29, 1.82) is 0 Å². The van der Waals surface area contributed by atoms with Gasteiger partial charge in [-0.1, -0.05) is 0 Å². The molecule has 1 spiro atoms. The normalized spacial score (nSPS) is 19.6. The van der Waals surface area contributed by atoms with Gasteiger partial charge in [-0.3, -0.25) is 4.79 Å². The number of hydrogen-bond donors (Lipinski definition) is 0. The molecule has 3 heterocycles. The number of amides is 1. The maximum Gasteiger partial charge on any atom is 0.253 e. The Kier molecular flexibility index (Phi) is 3.70. The number of hydrogen-bond acceptors (Lipinski definition) is 3. The molecule has 2 aliphatic rings. The van der Waals surface area contributed by atoms with Crippen LogP contribution in [0.4, 0.5) is 4.39 Å². The van der Waals surface area contributed by atoms with Gasteiger partial charge in [0.15, 0.2) is 0 Å². The highest BCUT2D eigenvalue weighted by atomic mass is 32.1. The fourth-order valence-corrected chi connectivity index (χ4v) is 4.74. The number of piperidine rings is 1. The Morgan fingerprint density at radius 1 is 1.17 bits per heavy atom. The van der Waals surface area contributed by atoms with Crippen molar-refractivity contribution in [2.45, 2.75) is 24.9 Å². The summed E-state index contributed by atoms with van der Waals surface area (Å²) in [7, 11) is 0. The molecule has 5 heteroatoms. The first-order valence-electron chi connectivity index (χ1n) is 7.94. The third-order valence-corrected chi connectivity index (χ3v) is 6.00. The Morgan fingerprint density at radius 2 is 1.91 bits per heavy atom. The summed E-state index contributed by atoms with van der Waals surface area (Å²) in [6.07, 6.45) is 2.64. The van der Waals surface area contributed by atoms with Gasteiger partial charge >= 0.3 is 0 Å². The van der Waals surface area contributed by atoms with Crippen LogP contribution in [0.5, 0.6) is 0 Å². The SMILES string of the molecule is O=C(c1ccc(F)cc1)N1CCC2(CC1)OCCc1ccsc12. The van der Waals surface area contributed by atoms with Crippen LogP contribution in [0.3, 0.4) is 0 Å². The highest BCUT2D eigenvalue weighted by molar-refractivity contribution is 7.10. The van der Waals surface area contributed by atoms with Gasteiger partial charge in [0, 0.05) is 23.5 Å². The number of carbonyl (C=O) groups excluding carboxylic acids is 1. The maximum absolute atomic E-state index is 13.0. The minimum atomic E-state index is -0.319. The van der Waals surface area contributed by atoms with Crippen molar-refractivity contribution in [2.75, 3.05) is 19.7 Å². The second-order valence-electron chi connectivity index (χ2n) is 6.17. The van der Waals surface area contributed by atoms with Crippen LogP contribution in [0.25, 0.3) is 0 Å². The van der Waals surface area contributed by atoms with Gasteiger partial charge in [-0.2, -0.15) is 0 Å². The molecule has 0 saturated carbocycles. The summed E-state index contributed by atoms with van der Waals surface area (Å²) < 4.78 is 19.2. The lowest BCUT2D eigenvalue weighted by Crippen LogP contribution is -2.47. The lowest BCUT2D eigenvalue weighted by molar-refractivity contribution is -0.0906. The van der Waals surface area contributed by atoms with E-state index in [1.165, 1.54) is 22.6 Å². The zero-order valence-electron chi connectivity index (χ0n) is 12.8. The molecule has 120 valence electrons. The predicted molar refractivity (Wildman–Crippen MR) is 87.2 cm³/mol. The largest absolute Gasteiger partial charge is 0.369 e. The van der Waals surface area contributed by atoms with Crippen LogP contribution in [-0.4, -0.2) is 30.5 Å². The third-order valence-electron chi connectivity index (χ3n) is 4.86. The molecule has 0 N–H and O–H groups in total. The Balaban J connectivity index is 1.50. The second-order valence-corrected chi connectivity index (χ2v) is 7.08. The first-order valence-corrected chi connectivity index (χ1v) is 8.82. The van der Waals surface area contributed by atoms with Crippen LogP contribution in [-0.2, 0) is 16.8 Å². The summed E-state index contributed by atoms with van der Waals surface area (Å²) in [5.74, 6) is -0.345. The quantitative estimate of drug-likeness (QED) is 0.799. The van der Waals surface area contributed by atoms with E-state index >= 15 is 0 Å². The molecule has 1 aromatic heterocycles. The van der Waals surface area contributed by atoms with E-state index in [4.69, 9.17) is 4.74 Å². The average molecular weight is 331 g/mol. The van der Waals surface area contributed by atoms with E-state index < -0.39 is 0 Å². The zero-order chi connectivity index (χ0) is 15.9. The smallest absolute Gasteiger partial charge is 0.253 e. The van der Waals surface area contributed by atoms with Crippen LogP contribution in [0, 0.1) is 5.82 Å². The molecule has 23 heavy (non-hydrogen) atoms. The average Bonchev–Trinajstić information content (AvgIpc) is 3.06. The van der Waals surface area contributed by atoms with Crippen molar-refractivity contribution in [3.05, 3.63) is 57.5 Å². The number of rotatable bonds is 1. The van der Waals surface area contributed by atoms with Gasteiger partial charge in [0.05, 0.1) is 6.61 Å². The first-order chi connectivity index (χ1) is 11.2. The zero-order valence-corrected chi connectivity index (χ0v) is 13.6. The Labute approximate surface area is 138 Å². The van der Waals surface area contributed by atoms with E-state index in [1.54, 1.807) is 23.5 Å². The van der Waals surface area contributed by atoms with Crippen LogP contribution < -0.4 is 0 Å². The van der Waals surface area contributed by atoms with E-state index in [1.807, 2.05) is 4.90 Å². The molecular formula is C18H18FNO2S. The van der Waals surface area contributed by atoms with Crippen molar-refractivity contribution in [2.24, 2.45) is 0 Å². The molecule has 4 rings (SSSR count). The van der Waals surface area contributed by atoms with Gasteiger partial charge in [0.2, 0.25) is 0 Å². The van der Waals surface area contributed by atoms with Gasteiger partial charge in [0.25, 0.3) is 5.91 Å². The van der Waals surface area contributed by atoms with E-state index in [0.717, 1.165) is 25.9 Å². The van der Waals surface area contributed by atoms with Crippen molar-refractivity contribution in [3.63, 3.8) is 0 Å².